The van der Waals surface area contributed by atoms with Crippen LogP contribution in [0, 0.1) is 0 Å². The Bertz CT molecular complexity index is 1570. The molecule has 212 valence electrons. The third-order valence-corrected chi connectivity index (χ3v) is 7.61. The van der Waals surface area contributed by atoms with Crippen LogP contribution in [0.3, 0.4) is 0 Å². The average molecular weight is 611 g/mol. The number of carbonyl (C=O) groups is 1. The number of benzene rings is 3. The third-order valence-electron chi connectivity index (χ3n) is 5.99. The number of aliphatic carboxylic acids is 1. The van der Waals surface area contributed by atoms with Crippen LogP contribution in [-0.4, -0.2) is 32.4 Å². The number of allylic oxidation sites excluding steroid dienone is 1. The minimum absolute atomic E-state index is 0.0755. The Kier molecular flexibility index (Phi) is 10.5. The van der Waals surface area contributed by atoms with Crippen LogP contribution in [0.15, 0.2) is 83.4 Å². The minimum atomic E-state index is -1.09. The van der Waals surface area contributed by atoms with Gasteiger partial charge in [0.15, 0.2) is 22.5 Å². The molecule has 0 aliphatic heterocycles. The van der Waals surface area contributed by atoms with Crippen LogP contribution in [0.1, 0.15) is 30.5 Å². The molecule has 4 rings (SSSR count). The molecule has 0 aliphatic carbocycles. The van der Waals surface area contributed by atoms with E-state index in [0.717, 1.165) is 28.5 Å². The zero-order valence-corrected chi connectivity index (χ0v) is 25.0. The second kappa shape index (κ2) is 14.3. The van der Waals surface area contributed by atoms with Gasteiger partial charge < -0.3 is 19.1 Å². The highest BCUT2D eigenvalue weighted by molar-refractivity contribution is 8.04. The zero-order chi connectivity index (χ0) is 29.4. The quantitative estimate of drug-likeness (QED) is 0.0928. The Morgan fingerprint density at radius 1 is 1.05 bits per heavy atom. The first kappa shape index (κ1) is 30.2. The molecular formula is C31H29Cl2N3O4S. The molecule has 0 spiro atoms. The summed E-state index contributed by atoms with van der Waals surface area (Å²) in [6.45, 7) is 8.90. The van der Waals surface area contributed by atoms with Gasteiger partial charge in [-0.2, -0.15) is 0 Å². The molecule has 0 saturated heterocycles. The molecule has 1 heterocycles. The monoisotopic (exact) mass is 609 g/mol. The summed E-state index contributed by atoms with van der Waals surface area (Å²) in [7, 11) is 0. The number of hydrogen-bond acceptors (Lipinski definition) is 6. The van der Waals surface area contributed by atoms with E-state index in [4.69, 9.17) is 32.7 Å². The van der Waals surface area contributed by atoms with Gasteiger partial charge in [-0.1, -0.05) is 47.5 Å². The van der Waals surface area contributed by atoms with Crippen LogP contribution in [0.4, 0.5) is 0 Å². The lowest BCUT2D eigenvalue weighted by Gasteiger charge is -2.17. The van der Waals surface area contributed by atoms with Crippen molar-refractivity contribution in [2.24, 2.45) is 0 Å². The van der Waals surface area contributed by atoms with Gasteiger partial charge in [0.05, 0.1) is 6.61 Å². The van der Waals surface area contributed by atoms with E-state index in [0.29, 0.717) is 57.7 Å². The van der Waals surface area contributed by atoms with Crippen molar-refractivity contribution in [2.45, 2.75) is 38.6 Å². The lowest BCUT2D eigenvalue weighted by Crippen LogP contribution is -2.04. The van der Waals surface area contributed by atoms with E-state index in [1.54, 1.807) is 30.4 Å². The van der Waals surface area contributed by atoms with Crippen molar-refractivity contribution >= 4 is 47.0 Å². The van der Waals surface area contributed by atoms with E-state index in [-0.39, 0.29) is 11.5 Å². The smallest absolute Gasteiger partial charge is 0.342 e. The first-order valence-corrected chi connectivity index (χ1v) is 14.5. The van der Waals surface area contributed by atoms with E-state index >= 15 is 0 Å². The molecule has 0 fully saturated rings. The summed E-state index contributed by atoms with van der Waals surface area (Å²) in [5, 5.41) is 20.4. The maximum atomic E-state index is 12.4. The van der Waals surface area contributed by atoms with E-state index in [2.05, 4.69) is 16.8 Å². The van der Waals surface area contributed by atoms with Gasteiger partial charge in [-0.3, -0.25) is 0 Å². The molecular weight excluding hydrogens is 581 g/mol. The molecule has 3 aromatic carbocycles. The highest BCUT2D eigenvalue weighted by Gasteiger charge is 2.20. The van der Waals surface area contributed by atoms with Crippen LogP contribution in [0.2, 0.25) is 10.0 Å². The van der Waals surface area contributed by atoms with Crippen LogP contribution in [0.5, 0.6) is 11.5 Å². The molecule has 0 amide bonds. The number of ether oxygens (including phenoxy) is 2. The summed E-state index contributed by atoms with van der Waals surface area (Å²) in [6.07, 6.45) is 3.84. The van der Waals surface area contributed by atoms with Gasteiger partial charge in [0.2, 0.25) is 0 Å². The van der Waals surface area contributed by atoms with E-state index < -0.39 is 5.97 Å². The summed E-state index contributed by atoms with van der Waals surface area (Å²) < 4.78 is 14.0. The first-order chi connectivity index (χ1) is 19.8. The number of thioether (sulfide) groups is 1. The first-order valence-electron chi connectivity index (χ1n) is 12.9. The molecule has 1 N–H and O–H groups in total. The number of carboxylic acid groups (broad SMARTS) is 1. The molecule has 7 nitrogen and oxygen atoms in total. The maximum absolute atomic E-state index is 12.4. The van der Waals surface area contributed by atoms with E-state index in [9.17, 15) is 9.90 Å². The number of nitrogens with zero attached hydrogens (tertiary/aromatic N) is 3. The fourth-order valence-corrected chi connectivity index (χ4v) is 5.31. The van der Waals surface area contributed by atoms with Gasteiger partial charge in [0, 0.05) is 33.3 Å². The summed E-state index contributed by atoms with van der Waals surface area (Å²) in [5.41, 5.74) is 3.12. The minimum Gasteiger partial charge on any atom is -0.490 e. The number of aromatic nitrogens is 3. The van der Waals surface area contributed by atoms with Crippen LogP contribution >= 0.6 is 35.0 Å². The molecule has 0 unspecified atom stereocenters. The third kappa shape index (κ3) is 7.52. The number of halogens is 2. The van der Waals surface area contributed by atoms with Crippen LogP contribution in [-0.2, 0) is 24.4 Å². The van der Waals surface area contributed by atoms with Crippen molar-refractivity contribution in [3.05, 3.63) is 105 Å². The Balaban J connectivity index is 1.69. The summed E-state index contributed by atoms with van der Waals surface area (Å²) in [5.74, 6) is 0.604. The predicted octanol–water partition coefficient (Wildman–Crippen LogP) is 8.20. The Morgan fingerprint density at radius 2 is 1.80 bits per heavy atom. The molecule has 0 bridgehead atoms. The second-order valence-electron chi connectivity index (χ2n) is 8.79. The van der Waals surface area contributed by atoms with E-state index in [1.165, 1.54) is 0 Å². The summed E-state index contributed by atoms with van der Waals surface area (Å²) >= 11 is 13.4. The normalized spacial score (nSPS) is 11.4. The molecule has 4 aromatic rings. The van der Waals surface area contributed by atoms with E-state index in [1.807, 2.05) is 60.9 Å². The Morgan fingerprint density at radius 3 is 2.46 bits per heavy atom. The SMILES string of the molecule is C=CCc1cc(/C=C(/Sc2nnc(-c3ccc(Cl)cc3)n2CC)C(=O)O)cc(OCC)c1OCc1ccccc1Cl. The zero-order valence-electron chi connectivity index (χ0n) is 22.6. The fraction of sp³-hybridized carbons (Fsp3) is 0.194. The number of carboxylic acids is 1. The van der Waals surface area contributed by atoms with Crippen LogP contribution < -0.4 is 9.47 Å². The molecule has 1 aromatic heterocycles. The fourth-order valence-electron chi connectivity index (χ4n) is 4.11. The van der Waals surface area contributed by atoms with Gasteiger partial charge >= 0.3 is 5.97 Å². The topological polar surface area (TPSA) is 86.5 Å². The van der Waals surface area contributed by atoms with Gasteiger partial charge in [-0.25, -0.2) is 4.79 Å². The molecule has 0 atom stereocenters. The summed E-state index contributed by atoms with van der Waals surface area (Å²) in [6, 6.07) is 18.4. The van der Waals surface area contributed by atoms with Gasteiger partial charge in [-0.15, -0.1) is 16.8 Å². The molecule has 41 heavy (non-hydrogen) atoms. The van der Waals surface area contributed by atoms with Crippen molar-refractivity contribution in [2.75, 3.05) is 6.61 Å². The average Bonchev–Trinajstić information content (AvgIpc) is 3.36. The van der Waals surface area contributed by atoms with Crippen molar-refractivity contribution in [1.82, 2.24) is 14.8 Å². The summed E-state index contributed by atoms with van der Waals surface area (Å²) in [4.78, 5) is 12.4. The Labute approximate surface area is 253 Å². The standard InChI is InChI=1S/C31H29Cl2N3O4S/c1-4-9-22-16-20(17-26(39-6-3)28(22)40-19-23-10-7-8-11-25(23)33)18-27(30(37)38)41-31-35-34-29(36(31)5-2)21-12-14-24(32)15-13-21/h4,7-8,10-18H,1,5-6,9,19H2,2-3H3,(H,37,38)/b27-18+. The molecule has 10 heteroatoms. The Hall–Kier alpha value is -3.72. The second-order valence-corrected chi connectivity index (χ2v) is 10.6. The number of hydrogen-bond donors (Lipinski definition) is 1. The van der Waals surface area contributed by atoms with Crippen molar-refractivity contribution in [3.63, 3.8) is 0 Å². The number of rotatable bonds is 13. The van der Waals surface area contributed by atoms with Crippen molar-refractivity contribution in [1.29, 1.82) is 0 Å². The highest BCUT2D eigenvalue weighted by Crippen LogP contribution is 2.37. The highest BCUT2D eigenvalue weighted by atomic mass is 35.5. The van der Waals surface area contributed by atoms with Crippen molar-refractivity contribution in [3.8, 4) is 22.9 Å². The largest absolute Gasteiger partial charge is 0.490 e. The lowest BCUT2D eigenvalue weighted by atomic mass is 10.0. The molecule has 0 saturated carbocycles. The maximum Gasteiger partial charge on any atom is 0.342 e. The lowest BCUT2D eigenvalue weighted by molar-refractivity contribution is -0.131. The van der Waals surface area contributed by atoms with Crippen molar-refractivity contribution < 1.29 is 19.4 Å². The van der Waals surface area contributed by atoms with Gasteiger partial charge in [0.1, 0.15) is 11.5 Å². The van der Waals surface area contributed by atoms with Gasteiger partial charge in [0.25, 0.3) is 0 Å². The molecule has 0 aliphatic rings. The van der Waals surface area contributed by atoms with Crippen LogP contribution in [0.25, 0.3) is 17.5 Å². The van der Waals surface area contributed by atoms with Gasteiger partial charge in [-0.05, 0) is 86.1 Å². The molecule has 0 radical (unpaired) electrons. The predicted molar refractivity (Wildman–Crippen MR) is 165 cm³/mol.